The van der Waals surface area contributed by atoms with Crippen LogP contribution in [-0.4, -0.2) is 82.0 Å². The van der Waals surface area contributed by atoms with Gasteiger partial charge >= 0.3 is 5.69 Å². The third-order valence-electron chi connectivity index (χ3n) is 3.86. The van der Waals surface area contributed by atoms with E-state index in [4.69, 9.17) is 4.74 Å². The van der Waals surface area contributed by atoms with Crippen molar-refractivity contribution < 1.29 is 14.3 Å². The molecule has 1 aromatic rings. The van der Waals surface area contributed by atoms with E-state index in [1.54, 1.807) is 16.9 Å². The highest BCUT2D eigenvalue weighted by Gasteiger charge is 2.22. The van der Waals surface area contributed by atoms with Crippen molar-refractivity contribution in [1.82, 2.24) is 24.6 Å². The van der Waals surface area contributed by atoms with E-state index in [2.05, 4.69) is 10.2 Å². The molecular formula is C14H23N5O4S. The fraction of sp³-hybridized carbons (Fsp3) is 0.714. The molecule has 0 bridgehead atoms. The van der Waals surface area contributed by atoms with Crippen molar-refractivity contribution in [2.24, 2.45) is 0 Å². The lowest BCUT2D eigenvalue weighted by molar-refractivity contribution is -0.136. The molecule has 0 saturated carbocycles. The summed E-state index contributed by atoms with van der Waals surface area (Å²) in [5, 5.41) is 6.89. The number of ether oxygens (including phenoxy) is 1. The molecule has 0 spiro atoms. The Morgan fingerprint density at radius 1 is 1.25 bits per heavy atom. The predicted molar refractivity (Wildman–Crippen MR) is 88.9 cm³/mol. The van der Waals surface area contributed by atoms with Gasteiger partial charge in [-0.1, -0.05) is 11.8 Å². The van der Waals surface area contributed by atoms with E-state index in [9.17, 15) is 14.4 Å². The van der Waals surface area contributed by atoms with Gasteiger partial charge in [0, 0.05) is 53.4 Å². The molecule has 2 heterocycles. The Kier molecular flexibility index (Phi) is 6.85. The smallest absolute Gasteiger partial charge is 0.343 e. The van der Waals surface area contributed by atoms with Gasteiger partial charge in [0.2, 0.25) is 11.8 Å². The molecule has 0 aliphatic carbocycles. The van der Waals surface area contributed by atoms with Crippen LogP contribution >= 0.6 is 11.8 Å². The first-order valence-corrected chi connectivity index (χ1v) is 8.81. The number of hydrogen-bond donors (Lipinski definition) is 1. The van der Waals surface area contributed by atoms with Crippen molar-refractivity contribution in [3.8, 4) is 0 Å². The number of methoxy groups -OCH3 is 1. The first kappa shape index (κ1) is 18.5. The van der Waals surface area contributed by atoms with E-state index in [1.165, 1.54) is 23.3 Å². The van der Waals surface area contributed by atoms with Crippen LogP contribution < -0.4 is 5.69 Å². The van der Waals surface area contributed by atoms with E-state index in [0.29, 0.717) is 50.9 Å². The number of piperazine rings is 1. The van der Waals surface area contributed by atoms with Gasteiger partial charge in [0.25, 0.3) is 0 Å². The normalized spacial score (nSPS) is 14.9. The highest BCUT2D eigenvalue weighted by molar-refractivity contribution is 7.99. The van der Waals surface area contributed by atoms with Crippen molar-refractivity contribution in [1.29, 1.82) is 0 Å². The minimum atomic E-state index is -0.281. The predicted octanol–water partition coefficient (Wildman–Crippen LogP) is -0.609. The van der Waals surface area contributed by atoms with Crippen LogP contribution in [0.1, 0.15) is 13.3 Å². The molecule has 0 radical (unpaired) electrons. The summed E-state index contributed by atoms with van der Waals surface area (Å²) >= 11 is 1.24. The fourth-order valence-electron chi connectivity index (χ4n) is 2.47. The van der Waals surface area contributed by atoms with Crippen LogP contribution in [0, 0.1) is 0 Å². The molecule has 1 aliphatic heterocycles. The third kappa shape index (κ3) is 4.84. The molecule has 0 aromatic carbocycles. The van der Waals surface area contributed by atoms with Crippen molar-refractivity contribution >= 4 is 23.6 Å². The summed E-state index contributed by atoms with van der Waals surface area (Å²) in [4.78, 5) is 38.8. The number of nitrogens with zero attached hydrogens (tertiary/aromatic N) is 4. The van der Waals surface area contributed by atoms with Gasteiger partial charge in [-0.2, -0.15) is 0 Å². The van der Waals surface area contributed by atoms with E-state index in [-0.39, 0.29) is 23.3 Å². The molecule has 2 amide bonds. The summed E-state index contributed by atoms with van der Waals surface area (Å²) in [7, 11) is 1.61. The first-order valence-electron chi connectivity index (χ1n) is 7.83. The van der Waals surface area contributed by atoms with Gasteiger partial charge in [0.1, 0.15) is 0 Å². The molecule has 1 fully saturated rings. The zero-order chi connectivity index (χ0) is 17.5. The lowest BCUT2D eigenvalue weighted by Crippen LogP contribution is -2.50. The molecule has 1 N–H and O–H groups in total. The summed E-state index contributed by atoms with van der Waals surface area (Å²) in [6, 6.07) is 0. The number of carbonyl (C=O) groups is 2. The summed E-state index contributed by atoms with van der Waals surface area (Å²) in [5.41, 5.74) is -0.281. The number of aromatic amines is 1. The maximum Gasteiger partial charge on any atom is 0.343 e. The number of carbonyl (C=O) groups excluding carboxylic acids is 2. The number of hydrogen-bond acceptors (Lipinski definition) is 6. The molecule has 0 unspecified atom stereocenters. The highest BCUT2D eigenvalue weighted by Crippen LogP contribution is 2.15. The topological polar surface area (TPSA) is 101 Å². The maximum absolute atomic E-state index is 12.3. The molecule has 1 aromatic heterocycles. The fourth-order valence-corrected chi connectivity index (χ4v) is 3.34. The molecule has 2 rings (SSSR count). The second-order valence-corrected chi connectivity index (χ2v) is 6.43. The zero-order valence-corrected chi connectivity index (χ0v) is 14.8. The van der Waals surface area contributed by atoms with Crippen molar-refractivity contribution in [2.75, 3.05) is 45.6 Å². The quantitative estimate of drug-likeness (QED) is 0.516. The van der Waals surface area contributed by atoms with E-state index in [0.717, 1.165) is 0 Å². The van der Waals surface area contributed by atoms with Gasteiger partial charge in [-0.05, 0) is 6.42 Å². The minimum Gasteiger partial charge on any atom is -0.385 e. The SMILES string of the molecule is COCCCn1c(SCC(=O)N2CCN(C(C)=O)CC2)n[nH]c1=O. The molecule has 9 nitrogen and oxygen atoms in total. The average molecular weight is 357 g/mol. The molecular weight excluding hydrogens is 334 g/mol. The summed E-state index contributed by atoms with van der Waals surface area (Å²) < 4.78 is 6.50. The van der Waals surface area contributed by atoms with Gasteiger partial charge in [0.15, 0.2) is 5.16 Å². The zero-order valence-electron chi connectivity index (χ0n) is 14.0. The second-order valence-electron chi connectivity index (χ2n) is 5.48. The Balaban J connectivity index is 1.84. The first-order chi connectivity index (χ1) is 11.5. The standard InChI is InChI=1S/C14H23N5O4S/c1-11(20)17-5-7-18(8-6-17)12(21)10-24-14-16-15-13(22)19(14)4-3-9-23-2/h3-10H2,1-2H3,(H,15,22). The van der Waals surface area contributed by atoms with E-state index < -0.39 is 0 Å². The van der Waals surface area contributed by atoms with Crippen LogP contribution in [0.25, 0.3) is 0 Å². The number of aromatic nitrogens is 3. The minimum absolute atomic E-state index is 0.0120. The Morgan fingerprint density at radius 2 is 1.92 bits per heavy atom. The van der Waals surface area contributed by atoms with Crippen molar-refractivity contribution in [2.45, 2.75) is 25.0 Å². The van der Waals surface area contributed by atoms with Crippen LogP contribution in [0.3, 0.4) is 0 Å². The third-order valence-corrected chi connectivity index (χ3v) is 4.82. The van der Waals surface area contributed by atoms with Crippen LogP contribution in [0.5, 0.6) is 0 Å². The average Bonchev–Trinajstić information content (AvgIpc) is 2.93. The summed E-state index contributed by atoms with van der Waals surface area (Å²) in [5.74, 6) is 0.240. The molecule has 0 atom stereocenters. The molecule has 10 heteroatoms. The lowest BCUT2D eigenvalue weighted by atomic mass is 10.3. The Bertz CT molecular complexity index is 621. The van der Waals surface area contributed by atoms with Crippen molar-refractivity contribution in [3.05, 3.63) is 10.5 Å². The number of amides is 2. The van der Waals surface area contributed by atoms with Gasteiger partial charge in [0.05, 0.1) is 5.75 Å². The highest BCUT2D eigenvalue weighted by atomic mass is 32.2. The van der Waals surface area contributed by atoms with Crippen molar-refractivity contribution in [3.63, 3.8) is 0 Å². The van der Waals surface area contributed by atoms with Crippen LogP contribution in [0.15, 0.2) is 9.95 Å². The molecule has 24 heavy (non-hydrogen) atoms. The molecule has 1 aliphatic rings. The Labute approximate surface area is 144 Å². The molecule has 1 saturated heterocycles. The number of H-pyrrole nitrogens is 1. The summed E-state index contributed by atoms with van der Waals surface area (Å²) in [6.07, 6.45) is 0.699. The van der Waals surface area contributed by atoms with Crippen LogP contribution in [0.4, 0.5) is 0 Å². The Morgan fingerprint density at radius 3 is 2.54 bits per heavy atom. The second kappa shape index (κ2) is 8.88. The largest absolute Gasteiger partial charge is 0.385 e. The van der Waals surface area contributed by atoms with E-state index in [1.807, 2.05) is 0 Å². The van der Waals surface area contributed by atoms with Gasteiger partial charge < -0.3 is 14.5 Å². The monoisotopic (exact) mass is 357 g/mol. The van der Waals surface area contributed by atoms with Gasteiger partial charge in [-0.3, -0.25) is 14.2 Å². The summed E-state index contributed by atoms with van der Waals surface area (Å²) in [6.45, 7) is 4.80. The Hall–Kier alpha value is -1.81. The number of rotatable bonds is 7. The van der Waals surface area contributed by atoms with E-state index >= 15 is 0 Å². The van der Waals surface area contributed by atoms with Gasteiger partial charge in [-0.25, -0.2) is 9.89 Å². The number of thioether (sulfide) groups is 1. The van der Waals surface area contributed by atoms with Gasteiger partial charge in [-0.15, -0.1) is 5.10 Å². The van der Waals surface area contributed by atoms with Crippen LogP contribution in [-0.2, 0) is 20.9 Å². The maximum atomic E-state index is 12.3. The molecule has 134 valence electrons. The van der Waals surface area contributed by atoms with Crippen LogP contribution in [0.2, 0.25) is 0 Å². The number of nitrogens with one attached hydrogen (secondary N) is 1. The lowest BCUT2D eigenvalue weighted by Gasteiger charge is -2.34.